The van der Waals surface area contributed by atoms with Crippen molar-refractivity contribution in [1.29, 1.82) is 0 Å². The lowest BCUT2D eigenvalue weighted by Crippen LogP contribution is -2.37. The lowest BCUT2D eigenvalue weighted by atomic mass is 10.1. The summed E-state index contributed by atoms with van der Waals surface area (Å²) in [6.45, 7) is 2.53. The van der Waals surface area contributed by atoms with Crippen LogP contribution in [-0.2, 0) is 11.2 Å². The Hall–Kier alpha value is -2.08. The minimum atomic E-state index is -0.228. The van der Waals surface area contributed by atoms with Crippen LogP contribution in [0.1, 0.15) is 18.9 Å². The smallest absolute Gasteiger partial charge is 0.314 e. The molecule has 3 amide bonds. The first kappa shape index (κ1) is 16.0. The molecule has 0 saturated heterocycles. The highest BCUT2D eigenvalue weighted by Gasteiger charge is 2.00. The molecule has 4 N–H and O–H groups in total. The lowest BCUT2D eigenvalue weighted by molar-refractivity contribution is -0.114. The van der Waals surface area contributed by atoms with E-state index in [1.807, 2.05) is 24.3 Å². The van der Waals surface area contributed by atoms with Gasteiger partial charge >= 0.3 is 6.03 Å². The molecule has 0 spiro atoms. The first-order valence-corrected chi connectivity index (χ1v) is 6.61. The molecule has 1 aromatic rings. The number of hydrogen-bond donors (Lipinski definition) is 4. The normalized spacial score (nSPS) is 9.90. The highest BCUT2D eigenvalue weighted by molar-refractivity contribution is 5.88. The quantitative estimate of drug-likeness (QED) is 0.558. The number of rotatable bonds is 7. The molecule has 6 heteroatoms. The maximum absolute atomic E-state index is 11.3. The van der Waals surface area contributed by atoms with E-state index in [0.29, 0.717) is 25.9 Å². The molecular weight excluding hydrogens is 258 g/mol. The zero-order chi connectivity index (χ0) is 14.8. The zero-order valence-corrected chi connectivity index (χ0v) is 11.6. The summed E-state index contributed by atoms with van der Waals surface area (Å²) in [7, 11) is 0. The van der Waals surface area contributed by atoms with Crippen LogP contribution in [0.25, 0.3) is 0 Å². The van der Waals surface area contributed by atoms with Gasteiger partial charge in [-0.25, -0.2) is 4.79 Å². The summed E-state index contributed by atoms with van der Waals surface area (Å²) < 4.78 is 0. The number of aliphatic hydroxyl groups is 1. The number of anilines is 1. The summed E-state index contributed by atoms with van der Waals surface area (Å²) in [5, 5.41) is 16.7. The Morgan fingerprint density at radius 2 is 1.75 bits per heavy atom. The first-order valence-electron chi connectivity index (χ1n) is 6.61. The van der Waals surface area contributed by atoms with E-state index in [0.717, 1.165) is 11.3 Å². The topological polar surface area (TPSA) is 90.5 Å². The molecule has 0 bridgehead atoms. The van der Waals surface area contributed by atoms with Crippen molar-refractivity contribution in [3.63, 3.8) is 0 Å². The molecule has 110 valence electrons. The number of carbonyl (C=O) groups excluding carboxylic acids is 2. The van der Waals surface area contributed by atoms with Crippen LogP contribution in [-0.4, -0.2) is 36.7 Å². The first-order chi connectivity index (χ1) is 9.61. The van der Waals surface area contributed by atoms with Crippen molar-refractivity contribution in [2.45, 2.75) is 19.8 Å². The van der Waals surface area contributed by atoms with Crippen molar-refractivity contribution in [2.75, 3.05) is 25.0 Å². The molecule has 1 rings (SSSR count). The molecule has 0 aliphatic heterocycles. The van der Waals surface area contributed by atoms with Gasteiger partial charge in [0.1, 0.15) is 0 Å². The van der Waals surface area contributed by atoms with E-state index in [1.54, 1.807) is 0 Å². The standard InChI is InChI=1S/C14H21N3O3/c1-11(19)17-13-5-3-12(4-6-13)7-9-16-14(20)15-8-2-10-18/h3-6,18H,2,7-10H2,1H3,(H,17,19)(H2,15,16,20). The van der Waals surface area contributed by atoms with Gasteiger partial charge in [0.25, 0.3) is 0 Å². The van der Waals surface area contributed by atoms with E-state index in [1.165, 1.54) is 6.92 Å². The predicted octanol–water partition coefficient (Wildman–Crippen LogP) is 0.869. The highest BCUT2D eigenvalue weighted by atomic mass is 16.3. The molecule has 20 heavy (non-hydrogen) atoms. The molecule has 0 aliphatic carbocycles. The van der Waals surface area contributed by atoms with Crippen LogP contribution >= 0.6 is 0 Å². The van der Waals surface area contributed by atoms with E-state index < -0.39 is 0 Å². The maximum atomic E-state index is 11.3. The Morgan fingerprint density at radius 3 is 2.35 bits per heavy atom. The molecule has 0 unspecified atom stereocenters. The van der Waals surface area contributed by atoms with Crippen LogP contribution in [0.4, 0.5) is 10.5 Å². The van der Waals surface area contributed by atoms with Crippen LogP contribution in [0, 0.1) is 0 Å². The second-order valence-corrected chi connectivity index (χ2v) is 4.39. The van der Waals surface area contributed by atoms with Gasteiger partial charge in [0.2, 0.25) is 5.91 Å². The van der Waals surface area contributed by atoms with Crippen LogP contribution < -0.4 is 16.0 Å². The fourth-order valence-electron chi connectivity index (χ4n) is 1.62. The van der Waals surface area contributed by atoms with Gasteiger partial charge in [0, 0.05) is 32.3 Å². The zero-order valence-electron chi connectivity index (χ0n) is 11.6. The molecule has 0 aromatic heterocycles. The van der Waals surface area contributed by atoms with Crippen molar-refractivity contribution in [2.24, 2.45) is 0 Å². The number of benzene rings is 1. The number of carbonyl (C=O) groups is 2. The molecular formula is C14H21N3O3. The lowest BCUT2D eigenvalue weighted by Gasteiger charge is -2.07. The van der Waals surface area contributed by atoms with Crippen molar-refractivity contribution < 1.29 is 14.7 Å². The minimum absolute atomic E-state index is 0.0704. The largest absolute Gasteiger partial charge is 0.396 e. The van der Waals surface area contributed by atoms with E-state index >= 15 is 0 Å². The van der Waals surface area contributed by atoms with Gasteiger partial charge in [-0.3, -0.25) is 4.79 Å². The maximum Gasteiger partial charge on any atom is 0.314 e. The van der Waals surface area contributed by atoms with Gasteiger partial charge in [-0.1, -0.05) is 12.1 Å². The van der Waals surface area contributed by atoms with Gasteiger partial charge in [0.15, 0.2) is 0 Å². The molecule has 0 saturated carbocycles. The Kier molecular flexibility index (Phi) is 7.13. The predicted molar refractivity (Wildman–Crippen MR) is 77.6 cm³/mol. The third kappa shape index (κ3) is 6.75. The SMILES string of the molecule is CC(=O)Nc1ccc(CCNC(=O)NCCCO)cc1. The molecule has 0 aliphatic rings. The van der Waals surface area contributed by atoms with Gasteiger partial charge in [0.05, 0.1) is 0 Å². The Morgan fingerprint density at radius 1 is 1.10 bits per heavy atom. The number of hydrogen-bond acceptors (Lipinski definition) is 3. The fraction of sp³-hybridized carbons (Fsp3) is 0.429. The van der Waals surface area contributed by atoms with Crippen molar-refractivity contribution in [3.8, 4) is 0 Å². The van der Waals surface area contributed by atoms with Gasteiger partial charge < -0.3 is 21.1 Å². The number of urea groups is 1. The van der Waals surface area contributed by atoms with Crippen LogP contribution in [0.2, 0.25) is 0 Å². The van der Waals surface area contributed by atoms with Crippen LogP contribution in [0.5, 0.6) is 0 Å². The number of amides is 3. The number of nitrogens with one attached hydrogen (secondary N) is 3. The Labute approximate surface area is 118 Å². The summed E-state index contributed by atoms with van der Waals surface area (Å²) in [5.74, 6) is -0.0982. The minimum Gasteiger partial charge on any atom is -0.396 e. The molecule has 0 fully saturated rings. The summed E-state index contributed by atoms with van der Waals surface area (Å²) >= 11 is 0. The van der Waals surface area contributed by atoms with E-state index in [-0.39, 0.29) is 18.5 Å². The summed E-state index contributed by atoms with van der Waals surface area (Å²) in [5.41, 5.74) is 1.84. The third-order valence-electron chi connectivity index (χ3n) is 2.59. The van der Waals surface area contributed by atoms with Gasteiger partial charge in [-0.15, -0.1) is 0 Å². The van der Waals surface area contributed by atoms with Crippen molar-refractivity contribution >= 4 is 17.6 Å². The second-order valence-electron chi connectivity index (χ2n) is 4.39. The van der Waals surface area contributed by atoms with Crippen LogP contribution in [0.3, 0.4) is 0 Å². The molecule has 0 atom stereocenters. The average molecular weight is 279 g/mol. The third-order valence-corrected chi connectivity index (χ3v) is 2.59. The summed E-state index contributed by atoms with van der Waals surface area (Å²) in [4.78, 5) is 22.2. The van der Waals surface area contributed by atoms with Crippen molar-refractivity contribution in [1.82, 2.24) is 10.6 Å². The molecule has 0 radical (unpaired) electrons. The summed E-state index contributed by atoms with van der Waals surface area (Å²) in [6, 6.07) is 7.26. The fourth-order valence-corrected chi connectivity index (χ4v) is 1.62. The van der Waals surface area contributed by atoms with Crippen LogP contribution in [0.15, 0.2) is 24.3 Å². The van der Waals surface area contributed by atoms with E-state index in [2.05, 4.69) is 16.0 Å². The van der Waals surface area contributed by atoms with E-state index in [4.69, 9.17) is 5.11 Å². The Bertz CT molecular complexity index is 432. The highest BCUT2D eigenvalue weighted by Crippen LogP contribution is 2.09. The van der Waals surface area contributed by atoms with Gasteiger partial charge in [-0.05, 0) is 30.5 Å². The van der Waals surface area contributed by atoms with E-state index in [9.17, 15) is 9.59 Å². The molecule has 0 heterocycles. The summed E-state index contributed by atoms with van der Waals surface area (Å²) in [6.07, 6.45) is 1.27. The van der Waals surface area contributed by atoms with Gasteiger partial charge in [-0.2, -0.15) is 0 Å². The van der Waals surface area contributed by atoms with Crippen molar-refractivity contribution in [3.05, 3.63) is 29.8 Å². The monoisotopic (exact) mass is 279 g/mol. The average Bonchev–Trinajstić information content (AvgIpc) is 2.40. The second kappa shape index (κ2) is 8.92. The molecule has 6 nitrogen and oxygen atoms in total. The Balaban J connectivity index is 2.24. The molecule has 1 aromatic carbocycles. The number of aliphatic hydroxyl groups excluding tert-OH is 1.